The molecule has 21 heavy (non-hydrogen) atoms. The fraction of sp³-hybridized carbons (Fsp3) is 0.267. The smallest absolute Gasteiger partial charge is 0.213 e. The molecule has 6 heteroatoms. The third-order valence-electron chi connectivity index (χ3n) is 2.76. The van der Waals surface area contributed by atoms with Crippen LogP contribution in [0.15, 0.2) is 41.0 Å². The van der Waals surface area contributed by atoms with E-state index in [1.165, 1.54) is 0 Å². The SMILES string of the molecule is COCCOc1ccc(NCc2cc(Cl)ccc2Br)cn1. The van der Waals surface area contributed by atoms with Crippen molar-refractivity contribution in [1.29, 1.82) is 0 Å². The molecular formula is C15H16BrClN2O2. The van der Waals surface area contributed by atoms with Crippen molar-refractivity contribution in [3.05, 3.63) is 51.6 Å². The first-order chi connectivity index (χ1) is 10.2. The van der Waals surface area contributed by atoms with Gasteiger partial charge in [-0.25, -0.2) is 4.98 Å². The van der Waals surface area contributed by atoms with Crippen LogP contribution in [0, 0.1) is 0 Å². The lowest BCUT2D eigenvalue weighted by Gasteiger charge is -2.09. The molecule has 0 spiro atoms. The highest BCUT2D eigenvalue weighted by atomic mass is 79.9. The lowest BCUT2D eigenvalue weighted by atomic mass is 10.2. The standard InChI is InChI=1S/C15H16BrClN2O2/c1-20-6-7-21-15-5-3-13(10-19-15)18-9-11-8-12(17)2-4-14(11)16/h2-5,8,10,18H,6-7,9H2,1H3. The molecule has 1 aromatic carbocycles. The van der Waals surface area contributed by atoms with E-state index < -0.39 is 0 Å². The van der Waals surface area contributed by atoms with E-state index in [-0.39, 0.29) is 0 Å². The number of hydrogen-bond donors (Lipinski definition) is 1. The van der Waals surface area contributed by atoms with E-state index in [0.717, 1.165) is 20.7 Å². The maximum Gasteiger partial charge on any atom is 0.213 e. The molecule has 1 N–H and O–H groups in total. The average Bonchev–Trinajstić information content (AvgIpc) is 2.50. The molecule has 112 valence electrons. The minimum atomic E-state index is 0.492. The Bertz CT molecular complexity index is 578. The summed E-state index contributed by atoms with van der Waals surface area (Å²) in [6.07, 6.45) is 1.74. The summed E-state index contributed by atoms with van der Waals surface area (Å²) in [4.78, 5) is 4.22. The Morgan fingerprint density at radius 2 is 2.10 bits per heavy atom. The summed E-state index contributed by atoms with van der Waals surface area (Å²) in [7, 11) is 1.64. The Hall–Kier alpha value is -1.30. The van der Waals surface area contributed by atoms with Gasteiger partial charge in [-0.15, -0.1) is 0 Å². The molecule has 1 aromatic heterocycles. The second-order valence-electron chi connectivity index (χ2n) is 4.32. The van der Waals surface area contributed by atoms with Gasteiger partial charge in [-0.1, -0.05) is 27.5 Å². The molecule has 0 bridgehead atoms. The molecule has 0 unspecified atom stereocenters. The third-order valence-corrected chi connectivity index (χ3v) is 3.77. The number of methoxy groups -OCH3 is 1. The summed E-state index contributed by atoms with van der Waals surface area (Å²) in [6.45, 7) is 1.70. The average molecular weight is 372 g/mol. The number of rotatable bonds is 7. The van der Waals surface area contributed by atoms with Gasteiger partial charge in [0, 0.05) is 29.2 Å². The largest absolute Gasteiger partial charge is 0.475 e. The van der Waals surface area contributed by atoms with Crippen molar-refractivity contribution >= 4 is 33.2 Å². The van der Waals surface area contributed by atoms with Crippen LogP contribution in [0.4, 0.5) is 5.69 Å². The molecule has 0 aliphatic heterocycles. The van der Waals surface area contributed by atoms with Crippen LogP contribution in [0.5, 0.6) is 5.88 Å². The number of hydrogen-bond acceptors (Lipinski definition) is 4. The summed E-state index contributed by atoms with van der Waals surface area (Å²) in [5.74, 6) is 0.585. The van der Waals surface area contributed by atoms with Crippen molar-refractivity contribution in [2.24, 2.45) is 0 Å². The second kappa shape index (κ2) is 8.22. The highest BCUT2D eigenvalue weighted by molar-refractivity contribution is 9.10. The van der Waals surface area contributed by atoms with Crippen molar-refractivity contribution in [1.82, 2.24) is 4.98 Å². The maximum absolute atomic E-state index is 5.99. The number of benzene rings is 1. The third kappa shape index (κ3) is 5.19. The molecule has 2 rings (SSSR count). The topological polar surface area (TPSA) is 43.4 Å². The van der Waals surface area contributed by atoms with Gasteiger partial charge in [0.25, 0.3) is 0 Å². The fourth-order valence-corrected chi connectivity index (χ4v) is 2.26. The number of halogens is 2. The van der Waals surface area contributed by atoms with E-state index in [1.54, 1.807) is 13.3 Å². The van der Waals surface area contributed by atoms with Crippen LogP contribution in [0.25, 0.3) is 0 Å². The zero-order valence-electron chi connectivity index (χ0n) is 11.6. The molecule has 0 radical (unpaired) electrons. The molecule has 0 atom stereocenters. The van der Waals surface area contributed by atoms with E-state index in [4.69, 9.17) is 21.1 Å². The molecule has 0 saturated heterocycles. The monoisotopic (exact) mass is 370 g/mol. The van der Waals surface area contributed by atoms with Crippen LogP contribution in [-0.4, -0.2) is 25.3 Å². The molecule has 4 nitrogen and oxygen atoms in total. The lowest BCUT2D eigenvalue weighted by molar-refractivity contribution is 0.144. The minimum Gasteiger partial charge on any atom is -0.475 e. The van der Waals surface area contributed by atoms with Crippen molar-refractivity contribution in [2.75, 3.05) is 25.6 Å². The zero-order valence-corrected chi connectivity index (χ0v) is 13.9. The van der Waals surface area contributed by atoms with Gasteiger partial charge in [0.05, 0.1) is 18.5 Å². The number of pyridine rings is 1. The van der Waals surface area contributed by atoms with Gasteiger partial charge in [0.1, 0.15) is 6.61 Å². The van der Waals surface area contributed by atoms with Gasteiger partial charge >= 0.3 is 0 Å². The predicted octanol–water partition coefficient (Wildman–Crippen LogP) is 4.13. The number of ether oxygens (including phenoxy) is 2. The van der Waals surface area contributed by atoms with Gasteiger partial charge in [0.15, 0.2) is 0 Å². The first-order valence-corrected chi connectivity index (χ1v) is 7.61. The van der Waals surface area contributed by atoms with E-state index in [0.29, 0.717) is 25.6 Å². The maximum atomic E-state index is 5.99. The van der Waals surface area contributed by atoms with Crippen LogP contribution in [0.1, 0.15) is 5.56 Å². The Kier molecular flexibility index (Phi) is 6.29. The van der Waals surface area contributed by atoms with E-state index in [1.807, 2.05) is 30.3 Å². The van der Waals surface area contributed by atoms with Gasteiger partial charge in [-0.2, -0.15) is 0 Å². The van der Waals surface area contributed by atoms with Crippen molar-refractivity contribution < 1.29 is 9.47 Å². The number of nitrogens with one attached hydrogen (secondary N) is 1. The molecular weight excluding hydrogens is 356 g/mol. The van der Waals surface area contributed by atoms with Crippen LogP contribution in [-0.2, 0) is 11.3 Å². The zero-order chi connectivity index (χ0) is 15.1. The molecule has 2 aromatic rings. The fourth-order valence-electron chi connectivity index (χ4n) is 1.68. The minimum absolute atomic E-state index is 0.492. The van der Waals surface area contributed by atoms with Gasteiger partial charge < -0.3 is 14.8 Å². The first kappa shape index (κ1) is 16.1. The lowest BCUT2D eigenvalue weighted by Crippen LogP contribution is -2.05. The van der Waals surface area contributed by atoms with Gasteiger partial charge in [-0.05, 0) is 29.8 Å². The summed E-state index contributed by atoms with van der Waals surface area (Å²) in [5.41, 5.74) is 2.00. The second-order valence-corrected chi connectivity index (χ2v) is 5.61. The van der Waals surface area contributed by atoms with Crippen molar-refractivity contribution in [3.63, 3.8) is 0 Å². The number of anilines is 1. The normalized spacial score (nSPS) is 10.4. The van der Waals surface area contributed by atoms with E-state index in [9.17, 15) is 0 Å². The van der Waals surface area contributed by atoms with Crippen LogP contribution in [0.3, 0.4) is 0 Å². The van der Waals surface area contributed by atoms with Crippen LogP contribution in [0.2, 0.25) is 5.02 Å². The van der Waals surface area contributed by atoms with E-state index in [2.05, 4.69) is 26.2 Å². The van der Waals surface area contributed by atoms with Gasteiger partial charge in [0.2, 0.25) is 5.88 Å². The Morgan fingerprint density at radius 1 is 1.24 bits per heavy atom. The number of aromatic nitrogens is 1. The highest BCUT2D eigenvalue weighted by Crippen LogP contribution is 2.22. The molecule has 0 fully saturated rings. The number of nitrogens with zero attached hydrogens (tertiary/aromatic N) is 1. The quantitative estimate of drug-likeness (QED) is 0.743. The Labute approximate surface area is 137 Å². The van der Waals surface area contributed by atoms with E-state index >= 15 is 0 Å². The molecule has 0 aliphatic rings. The molecule has 0 amide bonds. The van der Waals surface area contributed by atoms with Gasteiger partial charge in [-0.3, -0.25) is 0 Å². The van der Waals surface area contributed by atoms with Crippen molar-refractivity contribution in [3.8, 4) is 5.88 Å². The Morgan fingerprint density at radius 3 is 2.81 bits per heavy atom. The summed E-state index contributed by atoms with van der Waals surface area (Å²) in [6, 6.07) is 9.46. The van der Waals surface area contributed by atoms with Crippen molar-refractivity contribution in [2.45, 2.75) is 6.54 Å². The Balaban J connectivity index is 1.90. The van der Waals surface area contributed by atoms with Crippen LogP contribution >= 0.6 is 27.5 Å². The molecule has 0 aliphatic carbocycles. The van der Waals surface area contributed by atoms with Crippen LogP contribution < -0.4 is 10.1 Å². The summed E-state index contributed by atoms with van der Waals surface area (Å²) < 4.78 is 11.3. The first-order valence-electron chi connectivity index (χ1n) is 6.44. The molecule has 1 heterocycles. The summed E-state index contributed by atoms with van der Waals surface area (Å²) in [5, 5.41) is 4.01. The predicted molar refractivity (Wildman–Crippen MR) is 88.1 cm³/mol. The highest BCUT2D eigenvalue weighted by Gasteiger charge is 2.02. The molecule has 0 saturated carbocycles. The summed E-state index contributed by atoms with van der Waals surface area (Å²) >= 11 is 9.50.